The van der Waals surface area contributed by atoms with E-state index in [1.165, 1.54) is 103 Å². The number of benzene rings is 2. The van der Waals surface area contributed by atoms with E-state index in [4.69, 9.17) is 0 Å². The van der Waals surface area contributed by atoms with Gasteiger partial charge in [-0.25, -0.2) is 0 Å². The van der Waals surface area contributed by atoms with E-state index >= 15 is 0 Å². The highest BCUT2D eigenvalue weighted by Crippen LogP contribution is 2.57. The van der Waals surface area contributed by atoms with Gasteiger partial charge in [0.2, 0.25) is 0 Å². The van der Waals surface area contributed by atoms with Gasteiger partial charge in [-0.1, -0.05) is 0 Å². The molecule has 1 N–H and O–H groups in total. The first-order chi connectivity index (χ1) is 16.4. The van der Waals surface area contributed by atoms with Crippen LogP contribution in [-0.4, -0.2) is 4.98 Å². The summed E-state index contributed by atoms with van der Waals surface area (Å²) in [7, 11) is 0. The number of fused-ring (bicyclic) bond motifs is 7. The molecular weight excluding hydrogens is 398 g/mol. The first-order valence-corrected chi connectivity index (χ1v) is 14.6. The van der Waals surface area contributed by atoms with Crippen molar-refractivity contribution in [2.45, 2.75) is 126 Å². The third kappa shape index (κ3) is 2.22. The van der Waals surface area contributed by atoms with Crippen molar-refractivity contribution in [3.63, 3.8) is 0 Å². The average Bonchev–Trinajstić information content (AvgIpc) is 3.28. The zero-order valence-electron chi connectivity index (χ0n) is 20.1. The zero-order chi connectivity index (χ0) is 21.3. The van der Waals surface area contributed by atoms with Gasteiger partial charge in [0.25, 0.3) is 0 Å². The highest BCUT2D eigenvalue weighted by Gasteiger charge is 2.41. The van der Waals surface area contributed by atoms with Crippen molar-refractivity contribution in [3.8, 4) is 0 Å². The molecule has 1 heteroatoms. The van der Waals surface area contributed by atoms with Gasteiger partial charge in [0.1, 0.15) is 0 Å². The first kappa shape index (κ1) is 18.6. The Bertz CT molecular complexity index is 1250. The van der Waals surface area contributed by atoms with E-state index in [2.05, 4.69) is 4.98 Å². The maximum atomic E-state index is 4.25. The van der Waals surface area contributed by atoms with Crippen molar-refractivity contribution < 1.29 is 0 Å². The molecule has 0 radical (unpaired) electrons. The zero-order valence-corrected chi connectivity index (χ0v) is 20.1. The number of rotatable bonds is 0. The Hall–Kier alpha value is -1.76. The summed E-state index contributed by atoms with van der Waals surface area (Å²) in [5, 5.41) is 3.49. The summed E-state index contributed by atoms with van der Waals surface area (Å²) in [5.41, 5.74) is 18.0. The molecule has 0 bridgehead atoms. The SMILES string of the molecule is C1Cc2c3c4c(c5c2[nH]c2c6c7c8c(c25)CCC[C@H]8CC[C@H]7CCC6)CCC[C@@H]4CC[C@@H]3C1. The Balaban J connectivity index is 1.50. The Kier molecular flexibility index (Phi) is 3.63. The molecule has 0 spiro atoms. The van der Waals surface area contributed by atoms with E-state index in [0.29, 0.717) is 0 Å². The van der Waals surface area contributed by atoms with Gasteiger partial charge in [-0.3, -0.25) is 0 Å². The fourth-order valence-corrected chi connectivity index (χ4v) is 10.3. The molecule has 1 aromatic heterocycles. The summed E-state index contributed by atoms with van der Waals surface area (Å²) in [4.78, 5) is 4.25. The molecular formula is C32H37N. The number of hydrogen-bond acceptors (Lipinski definition) is 0. The predicted molar refractivity (Wildman–Crippen MR) is 137 cm³/mol. The largest absolute Gasteiger partial charge is 0.354 e. The van der Waals surface area contributed by atoms with E-state index in [9.17, 15) is 0 Å². The summed E-state index contributed by atoms with van der Waals surface area (Å²) in [6.07, 6.45) is 22.7. The van der Waals surface area contributed by atoms with E-state index < -0.39 is 0 Å². The fourth-order valence-electron chi connectivity index (χ4n) is 10.3. The van der Waals surface area contributed by atoms with E-state index in [0.717, 1.165) is 23.7 Å². The van der Waals surface area contributed by atoms with Crippen LogP contribution >= 0.6 is 0 Å². The van der Waals surface area contributed by atoms with Gasteiger partial charge < -0.3 is 4.98 Å². The molecule has 4 atom stereocenters. The van der Waals surface area contributed by atoms with Crippen LogP contribution in [0.15, 0.2) is 0 Å². The Morgan fingerprint density at radius 3 is 1.12 bits per heavy atom. The highest BCUT2D eigenvalue weighted by molar-refractivity contribution is 6.14. The van der Waals surface area contributed by atoms with Gasteiger partial charge in [0.05, 0.1) is 11.0 Å². The molecule has 1 heterocycles. The summed E-state index contributed by atoms with van der Waals surface area (Å²) >= 11 is 0. The second kappa shape index (κ2) is 6.46. The number of aromatic amines is 1. The molecule has 1 nitrogen and oxygen atoms in total. The molecule has 9 rings (SSSR count). The Labute approximate surface area is 197 Å². The summed E-state index contributed by atoms with van der Waals surface area (Å²) in [5.74, 6) is 3.48. The quantitative estimate of drug-likeness (QED) is 0.364. The van der Waals surface area contributed by atoms with Crippen LogP contribution in [0.2, 0.25) is 0 Å². The Morgan fingerprint density at radius 1 is 0.394 bits per heavy atom. The maximum Gasteiger partial charge on any atom is 0.0503 e. The van der Waals surface area contributed by atoms with E-state index in [1.54, 1.807) is 32.9 Å². The summed E-state index contributed by atoms with van der Waals surface area (Å²) in [6.45, 7) is 0. The van der Waals surface area contributed by atoms with E-state index in [1.807, 2.05) is 33.4 Å². The molecule has 0 aliphatic heterocycles. The molecule has 170 valence electrons. The minimum Gasteiger partial charge on any atom is -0.354 e. The predicted octanol–water partition coefficient (Wildman–Crippen LogP) is 8.59. The lowest BCUT2D eigenvalue weighted by Gasteiger charge is -2.41. The standard InChI is InChI=1S/C32H37N/c1-5-17-13-15-19-7-3-11-23-27(19)25(17)21(9-1)29-30-22-10-2-6-18-14-16-20-8-4-12-24(28(20)26(18)22)32(30)33-31(23)29/h17-20,33H,1-16H2/t17-,18+,19+,20-. The van der Waals surface area contributed by atoms with Crippen molar-refractivity contribution in [3.05, 3.63) is 44.5 Å². The number of aryl methyl sites for hydroxylation is 4. The second-order valence-electron chi connectivity index (χ2n) is 12.7. The van der Waals surface area contributed by atoms with Gasteiger partial charge >= 0.3 is 0 Å². The molecule has 6 aliphatic carbocycles. The van der Waals surface area contributed by atoms with Crippen molar-refractivity contribution in [2.24, 2.45) is 0 Å². The van der Waals surface area contributed by atoms with Crippen LogP contribution in [0.3, 0.4) is 0 Å². The Morgan fingerprint density at radius 2 is 0.727 bits per heavy atom. The molecule has 0 saturated heterocycles. The number of aromatic nitrogens is 1. The van der Waals surface area contributed by atoms with Crippen LogP contribution in [0.5, 0.6) is 0 Å². The molecule has 2 aromatic carbocycles. The fraction of sp³-hybridized carbons (Fsp3) is 0.625. The van der Waals surface area contributed by atoms with Crippen molar-refractivity contribution in [1.29, 1.82) is 0 Å². The van der Waals surface area contributed by atoms with Crippen LogP contribution in [0.4, 0.5) is 0 Å². The summed E-state index contributed by atoms with van der Waals surface area (Å²) in [6, 6.07) is 0. The lowest BCUT2D eigenvalue weighted by molar-refractivity contribution is 0.403. The highest BCUT2D eigenvalue weighted by atomic mass is 14.7. The minimum atomic E-state index is 0.867. The summed E-state index contributed by atoms with van der Waals surface area (Å²) < 4.78 is 0. The normalized spacial score (nSPS) is 31.5. The van der Waals surface area contributed by atoms with Crippen LogP contribution in [0.25, 0.3) is 21.8 Å². The monoisotopic (exact) mass is 435 g/mol. The van der Waals surface area contributed by atoms with Gasteiger partial charge in [0.15, 0.2) is 0 Å². The molecule has 33 heavy (non-hydrogen) atoms. The molecule has 0 fully saturated rings. The molecule has 0 amide bonds. The van der Waals surface area contributed by atoms with E-state index in [-0.39, 0.29) is 0 Å². The van der Waals surface area contributed by atoms with Crippen LogP contribution in [0, 0.1) is 0 Å². The maximum absolute atomic E-state index is 4.25. The number of H-pyrrole nitrogens is 1. The molecule has 0 saturated carbocycles. The third-order valence-corrected chi connectivity index (χ3v) is 11.4. The molecule has 6 aliphatic rings. The van der Waals surface area contributed by atoms with Crippen molar-refractivity contribution in [1.82, 2.24) is 4.98 Å². The van der Waals surface area contributed by atoms with Crippen LogP contribution in [0.1, 0.15) is 145 Å². The first-order valence-electron chi connectivity index (χ1n) is 14.6. The number of hydrogen-bond donors (Lipinski definition) is 1. The van der Waals surface area contributed by atoms with Gasteiger partial charge in [-0.15, -0.1) is 0 Å². The lowest BCUT2D eigenvalue weighted by atomic mass is 9.63. The second-order valence-corrected chi connectivity index (χ2v) is 12.7. The molecule has 3 aromatic rings. The average molecular weight is 436 g/mol. The topological polar surface area (TPSA) is 15.8 Å². The minimum absolute atomic E-state index is 0.867. The van der Waals surface area contributed by atoms with Gasteiger partial charge in [-0.05, 0) is 171 Å². The lowest BCUT2D eigenvalue weighted by Crippen LogP contribution is -2.25. The third-order valence-electron chi connectivity index (χ3n) is 11.4. The number of nitrogens with one attached hydrogen (secondary N) is 1. The van der Waals surface area contributed by atoms with Gasteiger partial charge in [0, 0.05) is 10.8 Å². The van der Waals surface area contributed by atoms with Gasteiger partial charge in [-0.2, -0.15) is 0 Å². The van der Waals surface area contributed by atoms with Crippen LogP contribution < -0.4 is 0 Å². The molecule has 0 unspecified atom stereocenters. The van der Waals surface area contributed by atoms with Crippen LogP contribution in [-0.2, 0) is 25.7 Å². The smallest absolute Gasteiger partial charge is 0.0503 e. The van der Waals surface area contributed by atoms with Crippen molar-refractivity contribution in [2.75, 3.05) is 0 Å². The van der Waals surface area contributed by atoms with Crippen molar-refractivity contribution >= 4 is 21.8 Å².